The Hall–Kier alpha value is -2.40. The summed E-state index contributed by atoms with van der Waals surface area (Å²) in [6.07, 6.45) is -0.344. The lowest BCUT2D eigenvalue weighted by Crippen LogP contribution is -2.21. The van der Waals surface area contributed by atoms with Gasteiger partial charge in [-0.1, -0.05) is 17.7 Å². The van der Waals surface area contributed by atoms with Crippen LogP contribution in [0.15, 0.2) is 42.5 Å². The zero-order valence-corrected chi connectivity index (χ0v) is 12.6. The van der Waals surface area contributed by atoms with Gasteiger partial charge in [0.15, 0.2) is 0 Å². The van der Waals surface area contributed by atoms with Crippen molar-refractivity contribution >= 4 is 34.8 Å². The minimum absolute atomic E-state index is 0.344. The van der Waals surface area contributed by atoms with Gasteiger partial charge in [0.05, 0.1) is 0 Å². The van der Waals surface area contributed by atoms with Gasteiger partial charge in [-0.3, -0.25) is 9.59 Å². The molecule has 0 saturated carbocycles. The van der Waals surface area contributed by atoms with E-state index in [1.165, 1.54) is 24.3 Å². The number of halogens is 2. The Morgan fingerprint density at radius 2 is 1.55 bits per heavy atom. The maximum absolute atomic E-state index is 12.7. The Morgan fingerprint density at radius 3 is 2.14 bits per heavy atom. The fraction of sp³-hybridized carbons (Fsp3) is 0.125. The van der Waals surface area contributed by atoms with Gasteiger partial charge in [0.25, 0.3) is 0 Å². The summed E-state index contributed by atoms with van der Waals surface area (Å²) < 4.78 is 12.7. The zero-order chi connectivity index (χ0) is 16.1. The molecule has 0 aliphatic carbocycles. The van der Waals surface area contributed by atoms with Crippen molar-refractivity contribution in [2.45, 2.75) is 13.3 Å². The smallest absolute Gasteiger partial charge is 0.233 e. The topological polar surface area (TPSA) is 58.2 Å². The van der Waals surface area contributed by atoms with Crippen LogP contribution in [0.25, 0.3) is 0 Å². The molecule has 0 aliphatic heterocycles. The minimum Gasteiger partial charge on any atom is -0.326 e. The molecule has 0 radical (unpaired) electrons. The molecule has 0 heterocycles. The summed E-state index contributed by atoms with van der Waals surface area (Å²) in [6.45, 7) is 1.85. The molecule has 2 aromatic rings. The molecular formula is C16H14ClFN2O2. The van der Waals surface area contributed by atoms with Crippen LogP contribution in [0.2, 0.25) is 5.02 Å². The molecule has 0 aromatic heterocycles. The lowest BCUT2D eigenvalue weighted by atomic mass is 10.2. The maximum Gasteiger partial charge on any atom is 0.233 e. The second kappa shape index (κ2) is 7.04. The van der Waals surface area contributed by atoms with Crippen molar-refractivity contribution in [2.24, 2.45) is 0 Å². The third-order valence-electron chi connectivity index (χ3n) is 2.90. The number of rotatable bonds is 4. The Balaban J connectivity index is 1.89. The highest BCUT2D eigenvalue weighted by molar-refractivity contribution is 6.31. The van der Waals surface area contributed by atoms with Crippen LogP contribution in [0.4, 0.5) is 15.8 Å². The second-order valence-electron chi connectivity index (χ2n) is 4.74. The average Bonchev–Trinajstić information content (AvgIpc) is 2.45. The van der Waals surface area contributed by atoms with Gasteiger partial charge in [-0.2, -0.15) is 0 Å². The second-order valence-corrected chi connectivity index (χ2v) is 5.15. The van der Waals surface area contributed by atoms with Gasteiger partial charge in [-0.25, -0.2) is 4.39 Å². The van der Waals surface area contributed by atoms with Crippen LogP contribution in [0, 0.1) is 12.7 Å². The van der Waals surface area contributed by atoms with E-state index in [-0.39, 0.29) is 6.42 Å². The van der Waals surface area contributed by atoms with Crippen molar-refractivity contribution in [1.29, 1.82) is 0 Å². The van der Waals surface area contributed by atoms with Crippen molar-refractivity contribution in [3.63, 3.8) is 0 Å². The van der Waals surface area contributed by atoms with Crippen LogP contribution in [0.3, 0.4) is 0 Å². The molecule has 2 N–H and O–H groups in total. The molecule has 2 rings (SSSR count). The highest BCUT2D eigenvalue weighted by Crippen LogP contribution is 2.20. The van der Waals surface area contributed by atoms with Gasteiger partial charge in [0, 0.05) is 16.4 Å². The number of hydrogen-bond acceptors (Lipinski definition) is 2. The van der Waals surface area contributed by atoms with Crippen molar-refractivity contribution < 1.29 is 14.0 Å². The first-order valence-electron chi connectivity index (χ1n) is 6.55. The molecule has 2 aromatic carbocycles. The fourth-order valence-electron chi connectivity index (χ4n) is 1.76. The number of aryl methyl sites for hydroxylation is 1. The van der Waals surface area contributed by atoms with Crippen LogP contribution in [-0.2, 0) is 9.59 Å². The molecule has 4 nitrogen and oxygen atoms in total. The third kappa shape index (κ3) is 4.56. The van der Waals surface area contributed by atoms with Gasteiger partial charge in [0.1, 0.15) is 12.2 Å². The minimum atomic E-state index is -0.484. The van der Waals surface area contributed by atoms with Crippen molar-refractivity contribution in [1.82, 2.24) is 0 Å². The van der Waals surface area contributed by atoms with E-state index in [9.17, 15) is 14.0 Å². The first-order valence-corrected chi connectivity index (χ1v) is 6.93. The first-order chi connectivity index (χ1) is 10.4. The van der Waals surface area contributed by atoms with Crippen LogP contribution in [0.5, 0.6) is 0 Å². The number of anilines is 2. The van der Waals surface area contributed by atoms with E-state index in [1.807, 2.05) is 6.92 Å². The molecule has 0 spiro atoms. The van der Waals surface area contributed by atoms with E-state index >= 15 is 0 Å². The predicted molar refractivity (Wildman–Crippen MR) is 84.5 cm³/mol. The largest absolute Gasteiger partial charge is 0.326 e. The van der Waals surface area contributed by atoms with Crippen LogP contribution < -0.4 is 10.6 Å². The monoisotopic (exact) mass is 320 g/mol. The molecule has 6 heteroatoms. The number of hydrogen-bond donors (Lipinski definition) is 2. The Bertz CT molecular complexity index is 702. The number of carbonyl (C=O) groups excluding carboxylic acids is 2. The van der Waals surface area contributed by atoms with E-state index in [1.54, 1.807) is 18.2 Å². The third-order valence-corrected chi connectivity index (χ3v) is 3.31. The van der Waals surface area contributed by atoms with Gasteiger partial charge in [-0.15, -0.1) is 0 Å². The summed E-state index contributed by atoms with van der Waals surface area (Å²) in [5.74, 6) is -1.34. The summed E-state index contributed by atoms with van der Waals surface area (Å²) in [6, 6.07) is 10.4. The number of amides is 2. The van der Waals surface area contributed by atoms with E-state index in [0.29, 0.717) is 16.4 Å². The highest BCUT2D eigenvalue weighted by atomic mass is 35.5. The molecule has 0 fully saturated rings. The molecule has 0 aliphatic rings. The van der Waals surface area contributed by atoms with Crippen molar-refractivity contribution in [2.75, 3.05) is 10.6 Å². The molecule has 22 heavy (non-hydrogen) atoms. The fourth-order valence-corrected chi connectivity index (χ4v) is 1.94. The van der Waals surface area contributed by atoms with Gasteiger partial charge < -0.3 is 10.6 Å². The standard InChI is InChI=1S/C16H14ClFN2O2/c1-10-2-5-13(8-14(10)17)20-16(22)9-15(21)19-12-6-3-11(18)4-7-12/h2-8H,9H2,1H3,(H,19,21)(H,20,22). The zero-order valence-electron chi connectivity index (χ0n) is 11.8. The van der Waals surface area contributed by atoms with Crippen molar-refractivity contribution in [3.8, 4) is 0 Å². The maximum atomic E-state index is 12.7. The van der Waals surface area contributed by atoms with E-state index in [0.717, 1.165) is 5.56 Å². The predicted octanol–water partition coefficient (Wildman–Crippen LogP) is 3.75. The summed E-state index contributed by atoms with van der Waals surface area (Å²) in [5.41, 5.74) is 1.85. The first kappa shape index (κ1) is 16.0. The SMILES string of the molecule is Cc1ccc(NC(=O)CC(=O)Nc2ccc(F)cc2)cc1Cl. The summed E-state index contributed by atoms with van der Waals surface area (Å²) >= 11 is 5.96. The molecule has 0 unspecified atom stereocenters. The lowest BCUT2D eigenvalue weighted by Gasteiger charge is -2.08. The molecule has 2 amide bonds. The Labute approximate surface area is 132 Å². The van der Waals surface area contributed by atoms with Gasteiger partial charge in [-0.05, 0) is 48.9 Å². The molecule has 0 bridgehead atoms. The Kier molecular flexibility index (Phi) is 5.12. The van der Waals surface area contributed by atoms with E-state index in [2.05, 4.69) is 10.6 Å². The average molecular weight is 321 g/mol. The lowest BCUT2D eigenvalue weighted by molar-refractivity contribution is -0.123. The molecule has 0 atom stereocenters. The Morgan fingerprint density at radius 1 is 1.00 bits per heavy atom. The normalized spacial score (nSPS) is 10.1. The van der Waals surface area contributed by atoms with E-state index < -0.39 is 17.6 Å². The number of nitrogens with one attached hydrogen (secondary N) is 2. The highest BCUT2D eigenvalue weighted by Gasteiger charge is 2.10. The number of benzene rings is 2. The molecule has 114 valence electrons. The van der Waals surface area contributed by atoms with E-state index in [4.69, 9.17) is 11.6 Å². The van der Waals surface area contributed by atoms with Crippen LogP contribution in [0.1, 0.15) is 12.0 Å². The van der Waals surface area contributed by atoms with Gasteiger partial charge >= 0.3 is 0 Å². The van der Waals surface area contributed by atoms with Crippen LogP contribution >= 0.6 is 11.6 Å². The molecular weight excluding hydrogens is 307 g/mol. The quantitative estimate of drug-likeness (QED) is 0.843. The summed E-state index contributed by atoms with van der Waals surface area (Å²) in [7, 11) is 0. The molecule has 0 saturated heterocycles. The van der Waals surface area contributed by atoms with Crippen molar-refractivity contribution in [3.05, 3.63) is 58.9 Å². The summed E-state index contributed by atoms with van der Waals surface area (Å²) in [4.78, 5) is 23.5. The van der Waals surface area contributed by atoms with Crippen LogP contribution in [-0.4, -0.2) is 11.8 Å². The summed E-state index contributed by atoms with van der Waals surface area (Å²) in [5, 5.41) is 5.64. The van der Waals surface area contributed by atoms with Gasteiger partial charge in [0.2, 0.25) is 11.8 Å². The number of carbonyl (C=O) groups is 2.